The molecule has 0 spiro atoms. The maximum atomic E-state index is 11.6. The lowest BCUT2D eigenvalue weighted by Gasteiger charge is -2.20. The van der Waals surface area contributed by atoms with Gasteiger partial charge in [0.05, 0.1) is 17.3 Å². The fraction of sp³-hybridized carbons (Fsp3) is 0.300. The first-order valence-electron chi connectivity index (χ1n) is 4.79. The molecule has 6 heteroatoms. The summed E-state index contributed by atoms with van der Waals surface area (Å²) in [5.74, 6) is -0.498. The Balaban J connectivity index is 2.71. The van der Waals surface area contributed by atoms with Gasteiger partial charge in [0.25, 0.3) is 5.56 Å². The molecule has 0 atom stereocenters. The summed E-state index contributed by atoms with van der Waals surface area (Å²) in [5.41, 5.74) is 5.42. The normalized spacial score (nSPS) is 11.9. The van der Waals surface area contributed by atoms with Crippen molar-refractivity contribution in [2.45, 2.75) is 19.3 Å². The number of imidazole rings is 1. The number of rotatable bonds is 2. The van der Waals surface area contributed by atoms with Gasteiger partial charge >= 0.3 is 0 Å². The molecule has 0 fully saturated rings. The topological polar surface area (TPSA) is 105 Å². The van der Waals surface area contributed by atoms with Crippen LogP contribution in [0.5, 0.6) is 0 Å². The summed E-state index contributed by atoms with van der Waals surface area (Å²) in [7, 11) is 0. The van der Waals surface area contributed by atoms with E-state index in [9.17, 15) is 9.59 Å². The summed E-state index contributed by atoms with van der Waals surface area (Å²) in [5, 5.41) is 0. The zero-order valence-corrected chi connectivity index (χ0v) is 9.00. The van der Waals surface area contributed by atoms with Crippen molar-refractivity contribution in [2.24, 2.45) is 5.73 Å². The second kappa shape index (κ2) is 3.19. The molecular formula is C10H12N4O2. The van der Waals surface area contributed by atoms with E-state index in [1.165, 1.54) is 6.33 Å². The average molecular weight is 220 g/mol. The molecule has 2 aromatic rings. The first-order chi connectivity index (χ1) is 7.43. The number of hydrogen-bond acceptors (Lipinski definition) is 3. The van der Waals surface area contributed by atoms with Crippen LogP contribution < -0.4 is 11.3 Å². The van der Waals surface area contributed by atoms with Gasteiger partial charge in [-0.2, -0.15) is 0 Å². The number of nitrogens with zero attached hydrogens (tertiary/aromatic N) is 1. The molecule has 6 nitrogen and oxygen atoms in total. The van der Waals surface area contributed by atoms with Gasteiger partial charge in [0, 0.05) is 5.69 Å². The zero-order chi connectivity index (χ0) is 11.9. The van der Waals surface area contributed by atoms with E-state index in [2.05, 4.69) is 15.0 Å². The Morgan fingerprint density at radius 1 is 1.50 bits per heavy atom. The van der Waals surface area contributed by atoms with Crippen molar-refractivity contribution < 1.29 is 4.79 Å². The largest absolute Gasteiger partial charge is 0.369 e. The van der Waals surface area contributed by atoms with Crippen LogP contribution in [0.2, 0.25) is 0 Å². The molecule has 2 aromatic heterocycles. The average Bonchev–Trinajstić information content (AvgIpc) is 2.65. The van der Waals surface area contributed by atoms with Crippen LogP contribution in [0.25, 0.3) is 11.0 Å². The van der Waals surface area contributed by atoms with Crippen LogP contribution in [0, 0.1) is 0 Å². The molecule has 0 aliphatic rings. The summed E-state index contributed by atoms with van der Waals surface area (Å²) in [6.07, 6.45) is 1.43. The minimum Gasteiger partial charge on any atom is -0.369 e. The predicted molar refractivity (Wildman–Crippen MR) is 58.9 cm³/mol. The fourth-order valence-corrected chi connectivity index (χ4v) is 1.43. The highest BCUT2D eigenvalue weighted by Gasteiger charge is 2.29. The smallest absolute Gasteiger partial charge is 0.276 e. The number of amides is 1. The minimum atomic E-state index is -0.918. The minimum absolute atomic E-state index is 0.323. The Morgan fingerprint density at radius 2 is 2.19 bits per heavy atom. The van der Waals surface area contributed by atoms with Gasteiger partial charge in [-0.05, 0) is 19.9 Å². The highest BCUT2D eigenvalue weighted by molar-refractivity contribution is 5.86. The summed E-state index contributed by atoms with van der Waals surface area (Å²) >= 11 is 0. The molecule has 84 valence electrons. The monoisotopic (exact) mass is 220 g/mol. The van der Waals surface area contributed by atoms with Crippen LogP contribution in [0.4, 0.5) is 0 Å². The van der Waals surface area contributed by atoms with Crippen molar-refractivity contribution in [1.29, 1.82) is 0 Å². The molecule has 16 heavy (non-hydrogen) atoms. The van der Waals surface area contributed by atoms with Crippen molar-refractivity contribution in [1.82, 2.24) is 15.0 Å². The van der Waals surface area contributed by atoms with Gasteiger partial charge in [-0.1, -0.05) is 0 Å². The molecule has 0 saturated heterocycles. The van der Waals surface area contributed by atoms with Gasteiger partial charge in [-0.15, -0.1) is 0 Å². The number of nitrogens with one attached hydrogen (secondary N) is 2. The Kier molecular flexibility index (Phi) is 2.08. The van der Waals surface area contributed by atoms with Gasteiger partial charge in [-0.25, -0.2) is 4.98 Å². The number of primary amides is 1. The molecule has 0 radical (unpaired) electrons. The van der Waals surface area contributed by atoms with E-state index in [0.717, 1.165) is 0 Å². The van der Waals surface area contributed by atoms with Crippen LogP contribution in [0.15, 0.2) is 17.2 Å². The van der Waals surface area contributed by atoms with Crippen LogP contribution in [-0.2, 0) is 10.2 Å². The number of aromatic amines is 2. The van der Waals surface area contributed by atoms with E-state index < -0.39 is 11.3 Å². The van der Waals surface area contributed by atoms with Gasteiger partial charge in [0.15, 0.2) is 5.52 Å². The molecule has 0 bridgehead atoms. The third-order valence-electron chi connectivity index (χ3n) is 2.71. The molecule has 0 aromatic carbocycles. The van der Waals surface area contributed by atoms with Crippen LogP contribution in [-0.4, -0.2) is 20.9 Å². The first-order valence-corrected chi connectivity index (χ1v) is 4.79. The molecule has 0 aliphatic heterocycles. The second-order valence-electron chi connectivity index (χ2n) is 4.17. The van der Waals surface area contributed by atoms with Gasteiger partial charge in [0.1, 0.15) is 0 Å². The zero-order valence-electron chi connectivity index (χ0n) is 9.00. The number of aromatic nitrogens is 3. The van der Waals surface area contributed by atoms with E-state index in [-0.39, 0.29) is 5.56 Å². The Labute approximate surface area is 90.9 Å². The number of carbonyl (C=O) groups excluding carboxylic acids is 1. The van der Waals surface area contributed by atoms with Crippen LogP contribution >= 0.6 is 0 Å². The van der Waals surface area contributed by atoms with Gasteiger partial charge in [0.2, 0.25) is 5.91 Å². The molecule has 0 aliphatic carbocycles. The number of nitrogens with two attached hydrogens (primary N) is 1. The lowest BCUT2D eigenvalue weighted by atomic mass is 9.88. The van der Waals surface area contributed by atoms with E-state index in [1.54, 1.807) is 19.9 Å². The molecule has 0 saturated carbocycles. The highest BCUT2D eigenvalue weighted by atomic mass is 16.1. The van der Waals surface area contributed by atoms with Crippen molar-refractivity contribution in [3.05, 3.63) is 28.4 Å². The number of pyridine rings is 1. The van der Waals surface area contributed by atoms with Crippen LogP contribution in [0.3, 0.4) is 0 Å². The lowest BCUT2D eigenvalue weighted by Crippen LogP contribution is -2.37. The molecule has 2 heterocycles. The number of H-pyrrole nitrogens is 2. The number of carbonyl (C=O) groups is 1. The van der Waals surface area contributed by atoms with E-state index >= 15 is 0 Å². The Hall–Kier alpha value is -2.11. The lowest BCUT2D eigenvalue weighted by molar-refractivity contribution is -0.122. The van der Waals surface area contributed by atoms with Gasteiger partial charge < -0.3 is 15.7 Å². The summed E-state index contributed by atoms with van der Waals surface area (Å²) in [6, 6.07) is 1.68. The molecule has 2 rings (SSSR count). The van der Waals surface area contributed by atoms with Crippen molar-refractivity contribution in [3.8, 4) is 0 Å². The fourth-order valence-electron chi connectivity index (χ4n) is 1.43. The SMILES string of the molecule is CC(C)(C(N)=O)c1cc2[nH]cnc2c(=O)[nH]1. The number of fused-ring (bicyclic) bond motifs is 1. The maximum Gasteiger partial charge on any atom is 0.276 e. The van der Waals surface area contributed by atoms with Crippen LogP contribution in [0.1, 0.15) is 19.5 Å². The van der Waals surface area contributed by atoms with E-state index in [4.69, 9.17) is 5.73 Å². The standard InChI is InChI=1S/C10H12N4O2/c1-10(2,9(11)16)6-3-5-7(8(15)14-6)13-4-12-5/h3-4H,1-2H3,(H2,11,16)(H,12,13)(H,14,15). The molecule has 1 amide bonds. The Morgan fingerprint density at radius 3 is 2.81 bits per heavy atom. The number of hydrogen-bond donors (Lipinski definition) is 3. The van der Waals surface area contributed by atoms with Crippen molar-refractivity contribution in [2.75, 3.05) is 0 Å². The predicted octanol–water partition coefficient (Wildman–Crippen LogP) is 0.0141. The van der Waals surface area contributed by atoms with Crippen molar-refractivity contribution >= 4 is 16.9 Å². The van der Waals surface area contributed by atoms with Gasteiger partial charge in [-0.3, -0.25) is 9.59 Å². The second-order valence-corrected chi connectivity index (χ2v) is 4.17. The third kappa shape index (κ3) is 1.39. The van der Waals surface area contributed by atoms with E-state index in [0.29, 0.717) is 16.7 Å². The molecule has 0 unspecified atom stereocenters. The summed E-state index contributed by atoms with van der Waals surface area (Å²) < 4.78 is 0. The quantitative estimate of drug-likeness (QED) is 0.664. The third-order valence-corrected chi connectivity index (χ3v) is 2.71. The Bertz CT molecular complexity index is 609. The molecule has 4 N–H and O–H groups in total. The summed E-state index contributed by atoms with van der Waals surface area (Å²) in [4.78, 5) is 32.2. The highest BCUT2D eigenvalue weighted by Crippen LogP contribution is 2.21. The maximum absolute atomic E-state index is 11.6. The van der Waals surface area contributed by atoms with E-state index in [1.807, 2.05) is 0 Å². The van der Waals surface area contributed by atoms with Crippen molar-refractivity contribution in [3.63, 3.8) is 0 Å². The summed E-state index contributed by atoms with van der Waals surface area (Å²) in [6.45, 7) is 3.31. The molecular weight excluding hydrogens is 208 g/mol. The first kappa shape index (κ1) is 10.4.